The molecule has 0 bridgehead atoms. The van der Waals surface area contributed by atoms with Crippen LogP contribution in [0.2, 0.25) is 0 Å². The Morgan fingerprint density at radius 1 is 1.34 bits per heavy atom. The second kappa shape index (κ2) is 10.0. The number of aromatic nitrogens is 1. The third kappa shape index (κ3) is 6.58. The van der Waals surface area contributed by atoms with Crippen LogP contribution in [-0.4, -0.2) is 48.6 Å². The van der Waals surface area contributed by atoms with Crippen LogP contribution >= 0.6 is 0 Å². The Balaban J connectivity index is 2.03. The first kappa shape index (κ1) is 22.4. The molecule has 0 saturated carbocycles. The van der Waals surface area contributed by atoms with Gasteiger partial charge in [-0.15, -0.1) is 0 Å². The molecule has 0 aromatic carbocycles. The molecule has 0 radical (unpaired) electrons. The van der Waals surface area contributed by atoms with E-state index in [0.717, 1.165) is 30.3 Å². The smallest absolute Gasteiger partial charge is 0.416 e. The minimum atomic E-state index is -0.561. The van der Waals surface area contributed by atoms with Crippen molar-refractivity contribution in [1.82, 2.24) is 10.3 Å². The van der Waals surface area contributed by atoms with Gasteiger partial charge in [0.05, 0.1) is 12.2 Å². The zero-order valence-corrected chi connectivity index (χ0v) is 17.6. The van der Waals surface area contributed by atoms with Crippen LogP contribution in [0.15, 0.2) is 23.9 Å². The van der Waals surface area contributed by atoms with Crippen LogP contribution in [0.1, 0.15) is 45.4 Å². The van der Waals surface area contributed by atoms with E-state index in [1.54, 1.807) is 11.8 Å². The second-order valence-corrected chi connectivity index (χ2v) is 7.69. The quantitative estimate of drug-likeness (QED) is 0.314. The standard InChI is InChI=1S/C21H30N4O4/c1-5-28-19(26)16(13-22)14-23-11-10-17-9-8-15-7-6-12-25(18(15)24-17)20(27)29-21(2,3)4/h8-9,13-14,22-23H,5-7,10-12H2,1-4H3/b16-14+,22-13?. The van der Waals surface area contributed by atoms with Gasteiger partial charge in [-0.05, 0) is 52.2 Å². The number of ether oxygens (including phenoxy) is 2. The molecule has 8 nitrogen and oxygen atoms in total. The fourth-order valence-corrected chi connectivity index (χ4v) is 2.87. The predicted octanol–water partition coefficient (Wildman–Crippen LogP) is 3.00. The first-order valence-electron chi connectivity index (χ1n) is 9.85. The maximum Gasteiger partial charge on any atom is 0.416 e. The van der Waals surface area contributed by atoms with E-state index in [9.17, 15) is 9.59 Å². The van der Waals surface area contributed by atoms with Crippen LogP contribution < -0.4 is 10.2 Å². The Morgan fingerprint density at radius 2 is 2.10 bits per heavy atom. The SMILES string of the molecule is CCOC(=O)/C(C=N)=C/NCCc1ccc2c(n1)N(C(=O)OC(C)(C)C)CCC2. The zero-order chi connectivity index (χ0) is 21.4. The number of hydrogen-bond donors (Lipinski definition) is 2. The van der Waals surface area contributed by atoms with E-state index in [4.69, 9.17) is 14.9 Å². The van der Waals surface area contributed by atoms with E-state index in [-0.39, 0.29) is 18.3 Å². The molecule has 0 aliphatic carbocycles. The first-order valence-corrected chi connectivity index (χ1v) is 9.85. The molecule has 1 aromatic heterocycles. The molecule has 0 atom stereocenters. The predicted molar refractivity (Wildman–Crippen MR) is 111 cm³/mol. The van der Waals surface area contributed by atoms with Crippen molar-refractivity contribution in [2.24, 2.45) is 0 Å². The topological polar surface area (TPSA) is 105 Å². The molecule has 2 N–H and O–H groups in total. The molecule has 1 aliphatic heterocycles. The summed E-state index contributed by atoms with van der Waals surface area (Å²) < 4.78 is 10.4. The summed E-state index contributed by atoms with van der Waals surface area (Å²) in [6.07, 6.45) is 4.40. The molecule has 1 amide bonds. The number of aryl methyl sites for hydroxylation is 1. The van der Waals surface area contributed by atoms with Crippen molar-refractivity contribution in [1.29, 1.82) is 5.41 Å². The summed E-state index contributed by atoms with van der Waals surface area (Å²) in [6, 6.07) is 3.96. The first-order chi connectivity index (χ1) is 13.7. The van der Waals surface area contributed by atoms with Crippen LogP contribution in [0, 0.1) is 5.41 Å². The van der Waals surface area contributed by atoms with Gasteiger partial charge in [-0.1, -0.05) is 6.07 Å². The average Bonchev–Trinajstić information content (AvgIpc) is 2.66. The normalized spacial score (nSPS) is 14.1. The third-order valence-electron chi connectivity index (χ3n) is 4.16. The Kier molecular flexibility index (Phi) is 7.75. The summed E-state index contributed by atoms with van der Waals surface area (Å²) in [4.78, 5) is 30.5. The molecule has 0 fully saturated rings. The van der Waals surface area contributed by atoms with Crippen LogP contribution in [0.3, 0.4) is 0 Å². The maximum absolute atomic E-state index is 12.6. The molecule has 2 heterocycles. The largest absolute Gasteiger partial charge is 0.462 e. The van der Waals surface area contributed by atoms with Gasteiger partial charge in [-0.3, -0.25) is 4.90 Å². The Morgan fingerprint density at radius 3 is 2.76 bits per heavy atom. The summed E-state index contributed by atoms with van der Waals surface area (Å²) in [5.41, 5.74) is 1.45. The van der Waals surface area contributed by atoms with E-state index in [2.05, 4.69) is 10.3 Å². The third-order valence-corrected chi connectivity index (χ3v) is 4.16. The molecule has 0 spiro atoms. The van der Waals surface area contributed by atoms with Crippen molar-refractivity contribution in [3.63, 3.8) is 0 Å². The van der Waals surface area contributed by atoms with Gasteiger partial charge >= 0.3 is 12.1 Å². The number of esters is 1. The van der Waals surface area contributed by atoms with Crippen LogP contribution in [0.4, 0.5) is 10.6 Å². The number of pyridine rings is 1. The molecular formula is C21H30N4O4. The second-order valence-electron chi connectivity index (χ2n) is 7.69. The van der Waals surface area contributed by atoms with Crippen molar-refractivity contribution in [2.75, 3.05) is 24.6 Å². The van der Waals surface area contributed by atoms with Gasteiger partial charge in [-0.2, -0.15) is 0 Å². The van der Waals surface area contributed by atoms with Gasteiger partial charge in [0.25, 0.3) is 0 Å². The molecule has 1 aliphatic rings. The van der Waals surface area contributed by atoms with Crippen LogP contribution in [0.25, 0.3) is 0 Å². The summed E-state index contributed by atoms with van der Waals surface area (Å²) in [7, 11) is 0. The van der Waals surface area contributed by atoms with Gasteiger partial charge in [0, 0.05) is 37.6 Å². The Labute approximate surface area is 171 Å². The number of hydrogen-bond acceptors (Lipinski definition) is 7. The van der Waals surface area contributed by atoms with Gasteiger partial charge in [-0.25, -0.2) is 14.6 Å². The summed E-state index contributed by atoms with van der Waals surface area (Å²) in [5.74, 6) is 0.125. The molecular weight excluding hydrogens is 372 g/mol. The summed E-state index contributed by atoms with van der Waals surface area (Å²) >= 11 is 0. The van der Waals surface area contributed by atoms with E-state index in [1.807, 2.05) is 32.9 Å². The zero-order valence-electron chi connectivity index (χ0n) is 17.6. The fraction of sp³-hybridized carbons (Fsp3) is 0.524. The highest BCUT2D eigenvalue weighted by Gasteiger charge is 2.28. The van der Waals surface area contributed by atoms with Crippen LogP contribution in [0.5, 0.6) is 0 Å². The van der Waals surface area contributed by atoms with Gasteiger partial charge in [0.15, 0.2) is 0 Å². The lowest BCUT2D eigenvalue weighted by molar-refractivity contribution is -0.137. The van der Waals surface area contributed by atoms with Crippen molar-refractivity contribution >= 4 is 24.1 Å². The van der Waals surface area contributed by atoms with E-state index in [0.29, 0.717) is 25.3 Å². The van der Waals surface area contributed by atoms with Crippen molar-refractivity contribution in [2.45, 2.75) is 52.6 Å². The van der Waals surface area contributed by atoms with Gasteiger partial charge < -0.3 is 20.2 Å². The minimum Gasteiger partial charge on any atom is -0.462 e. The Hall–Kier alpha value is -2.90. The number of nitrogens with one attached hydrogen (secondary N) is 2. The number of amides is 1. The molecule has 8 heteroatoms. The van der Waals surface area contributed by atoms with Crippen molar-refractivity contribution in [3.8, 4) is 0 Å². The maximum atomic E-state index is 12.6. The van der Waals surface area contributed by atoms with Crippen molar-refractivity contribution in [3.05, 3.63) is 35.2 Å². The van der Waals surface area contributed by atoms with Gasteiger partial charge in [0.2, 0.25) is 0 Å². The molecule has 1 aromatic rings. The molecule has 2 rings (SSSR count). The molecule has 158 valence electrons. The van der Waals surface area contributed by atoms with Gasteiger partial charge in [0.1, 0.15) is 11.4 Å². The Bertz CT molecular complexity index is 783. The summed E-state index contributed by atoms with van der Waals surface area (Å²) in [6.45, 7) is 8.62. The number of carbonyl (C=O) groups is 2. The van der Waals surface area contributed by atoms with E-state index < -0.39 is 11.6 Å². The number of carbonyl (C=O) groups excluding carboxylic acids is 2. The lowest BCUT2D eigenvalue weighted by Crippen LogP contribution is -2.40. The van der Waals surface area contributed by atoms with E-state index >= 15 is 0 Å². The summed E-state index contributed by atoms with van der Waals surface area (Å²) in [5, 5.41) is 10.3. The lowest BCUT2D eigenvalue weighted by atomic mass is 10.0. The van der Waals surface area contributed by atoms with E-state index in [1.165, 1.54) is 6.20 Å². The molecule has 0 saturated heterocycles. The van der Waals surface area contributed by atoms with Crippen LogP contribution in [-0.2, 0) is 27.1 Å². The number of fused-ring (bicyclic) bond motifs is 1. The highest BCUT2D eigenvalue weighted by atomic mass is 16.6. The monoisotopic (exact) mass is 402 g/mol. The number of anilines is 1. The highest BCUT2D eigenvalue weighted by molar-refractivity contribution is 6.08. The number of rotatable bonds is 7. The molecule has 29 heavy (non-hydrogen) atoms. The number of nitrogens with zero attached hydrogens (tertiary/aromatic N) is 2. The average molecular weight is 402 g/mol. The molecule has 0 unspecified atom stereocenters. The highest BCUT2D eigenvalue weighted by Crippen LogP contribution is 2.27. The minimum absolute atomic E-state index is 0.154. The fourth-order valence-electron chi connectivity index (χ4n) is 2.87. The van der Waals surface area contributed by atoms with Crippen molar-refractivity contribution < 1.29 is 19.1 Å². The lowest BCUT2D eigenvalue weighted by Gasteiger charge is -2.31.